The minimum Gasteiger partial charge on any atom is -0.220 e. The monoisotopic (exact) mass is 229 g/mol. The fourth-order valence-electron chi connectivity index (χ4n) is 0.956. The molecule has 0 amide bonds. The molecule has 1 atom stereocenters. The zero-order valence-corrected chi connectivity index (χ0v) is 8.36. The van der Waals surface area contributed by atoms with Crippen molar-refractivity contribution >= 4 is 33.3 Å². The van der Waals surface area contributed by atoms with Crippen LogP contribution in [-0.2, 0) is 0 Å². The Morgan fingerprint density at radius 1 is 1.64 bits per heavy atom. The molecule has 1 aliphatic rings. The van der Waals surface area contributed by atoms with Gasteiger partial charge >= 0.3 is 0 Å². The highest BCUT2D eigenvalue weighted by Gasteiger charge is 2.23. The minimum atomic E-state index is -0.170. The summed E-state index contributed by atoms with van der Waals surface area (Å²) in [6.07, 6.45) is 9.03. The number of nitrogens with zero attached hydrogens (tertiary/aromatic N) is 1. The maximum absolute atomic E-state index is 4.58. The van der Waals surface area contributed by atoms with Gasteiger partial charge in [-0.1, -0.05) is 40.2 Å². The van der Waals surface area contributed by atoms with Gasteiger partial charge in [-0.15, -0.1) is 0 Å². The van der Waals surface area contributed by atoms with Crippen molar-refractivity contribution in [2.45, 2.75) is 12.0 Å². The summed E-state index contributed by atoms with van der Waals surface area (Å²) in [4.78, 5) is 4.11. The van der Waals surface area contributed by atoms with E-state index < -0.39 is 0 Å². The van der Waals surface area contributed by atoms with Crippen LogP contribution >= 0.6 is 28.1 Å². The molecule has 3 heteroatoms. The summed E-state index contributed by atoms with van der Waals surface area (Å²) in [6.45, 7) is 0. The maximum Gasteiger partial charge on any atom is 0.102 e. The van der Waals surface area contributed by atoms with E-state index in [4.69, 9.17) is 0 Å². The van der Waals surface area contributed by atoms with E-state index in [1.54, 1.807) is 0 Å². The van der Waals surface area contributed by atoms with E-state index in [0.717, 1.165) is 11.8 Å². The number of rotatable bonds is 2. The molecular formula is C8H8BrNS. The zero-order chi connectivity index (χ0) is 8.16. The molecular weight excluding hydrogens is 222 g/mol. The van der Waals surface area contributed by atoms with Crippen molar-refractivity contribution in [3.8, 4) is 0 Å². The third kappa shape index (κ3) is 2.09. The molecule has 0 heterocycles. The summed E-state index contributed by atoms with van der Waals surface area (Å²) in [5.74, 6) is 0. The number of thiocarbonyl (C=S) groups is 1. The van der Waals surface area contributed by atoms with Crippen LogP contribution in [0, 0.1) is 0 Å². The molecule has 1 rings (SSSR count). The van der Waals surface area contributed by atoms with Gasteiger partial charge in [-0.05, 0) is 18.6 Å². The highest BCUT2D eigenvalue weighted by molar-refractivity contribution is 9.09. The van der Waals surface area contributed by atoms with Crippen LogP contribution in [0.2, 0.25) is 0 Å². The van der Waals surface area contributed by atoms with Crippen molar-refractivity contribution < 1.29 is 0 Å². The van der Waals surface area contributed by atoms with Crippen LogP contribution in [0.4, 0.5) is 0 Å². The average molecular weight is 230 g/mol. The van der Waals surface area contributed by atoms with Gasteiger partial charge in [0.05, 0.1) is 5.16 Å². The number of aliphatic imine (C=N–C) groups is 1. The van der Waals surface area contributed by atoms with Crippen molar-refractivity contribution in [3.05, 3.63) is 24.3 Å². The Morgan fingerprint density at radius 3 is 2.91 bits per heavy atom. The van der Waals surface area contributed by atoms with Crippen LogP contribution in [0.25, 0.3) is 0 Å². The Balaban J connectivity index is 2.84. The van der Waals surface area contributed by atoms with Crippen molar-refractivity contribution in [2.75, 3.05) is 5.33 Å². The van der Waals surface area contributed by atoms with Gasteiger partial charge in [-0.25, -0.2) is 4.99 Å². The quantitative estimate of drug-likeness (QED) is 0.403. The fraction of sp³-hybridized carbons (Fsp3) is 0.375. The van der Waals surface area contributed by atoms with E-state index in [-0.39, 0.29) is 5.54 Å². The largest absolute Gasteiger partial charge is 0.220 e. The van der Waals surface area contributed by atoms with Gasteiger partial charge in [0.1, 0.15) is 5.54 Å². The Kier molecular flexibility index (Phi) is 3.18. The summed E-state index contributed by atoms with van der Waals surface area (Å²) in [5.41, 5.74) is -0.170. The first kappa shape index (κ1) is 8.85. The van der Waals surface area contributed by atoms with Crippen LogP contribution in [0.1, 0.15) is 6.42 Å². The second kappa shape index (κ2) is 3.96. The number of alkyl halides is 1. The molecule has 0 aromatic carbocycles. The van der Waals surface area contributed by atoms with Gasteiger partial charge in [-0.2, -0.15) is 0 Å². The zero-order valence-electron chi connectivity index (χ0n) is 5.96. The van der Waals surface area contributed by atoms with Crippen LogP contribution in [-0.4, -0.2) is 16.0 Å². The molecule has 0 saturated heterocycles. The minimum absolute atomic E-state index is 0.170. The lowest BCUT2D eigenvalue weighted by molar-refractivity contribution is 0.612. The molecule has 0 fully saturated rings. The molecule has 0 aromatic heterocycles. The number of hydrogen-bond donors (Lipinski definition) is 0. The highest BCUT2D eigenvalue weighted by atomic mass is 79.9. The molecule has 1 aliphatic carbocycles. The lowest BCUT2D eigenvalue weighted by Crippen LogP contribution is -2.25. The molecule has 0 radical (unpaired) electrons. The topological polar surface area (TPSA) is 12.4 Å². The highest BCUT2D eigenvalue weighted by Crippen LogP contribution is 2.23. The van der Waals surface area contributed by atoms with E-state index in [1.807, 2.05) is 18.2 Å². The van der Waals surface area contributed by atoms with Crippen LogP contribution in [0.3, 0.4) is 0 Å². The van der Waals surface area contributed by atoms with Gasteiger partial charge < -0.3 is 0 Å². The van der Waals surface area contributed by atoms with E-state index >= 15 is 0 Å². The number of halogens is 1. The van der Waals surface area contributed by atoms with Gasteiger partial charge in [0, 0.05) is 5.33 Å². The summed E-state index contributed by atoms with van der Waals surface area (Å²) in [6, 6.07) is 0. The number of allylic oxidation sites excluding steroid dienone is 2. The van der Waals surface area contributed by atoms with Crippen LogP contribution in [0.15, 0.2) is 29.3 Å². The predicted octanol–water partition coefficient (Wildman–Crippen LogP) is 2.74. The molecule has 1 nitrogen and oxygen atoms in total. The van der Waals surface area contributed by atoms with Gasteiger partial charge in [0.25, 0.3) is 0 Å². The summed E-state index contributed by atoms with van der Waals surface area (Å²) in [7, 11) is 0. The average Bonchev–Trinajstić information content (AvgIpc) is 2.07. The lowest BCUT2D eigenvalue weighted by Gasteiger charge is -2.22. The molecule has 11 heavy (non-hydrogen) atoms. The second-order valence-corrected chi connectivity index (χ2v) is 3.17. The van der Waals surface area contributed by atoms with E-state index in [2.05, 4.69) is 44.4 Å². The number of isothiocyanates is 1. The first-order valence-corrected chi connectivity index (χ1v) is 4.85. The first-order chi connectivity index (χ1) is 5.33. The van der Waals surface area contributed by atoms with Crippen molar-refractivity contribution in [1.29, 1.82) is 0 Å². The lowest BCUT2D eigenvalue weighted by atomic mass is 9.95. The number of hydrogen-bond acceptors (Lipinski definition) is 2. The molecule has 0 bridgehead atoms. The SMILES string of the molecule is S=C=NC1(CBr)C=CC=CC1. The Hall–Kier alpha value is -0.240. The van der Waals surface area contributed by atoms with Crippen molar-refractivity contribution in [1.82, 2.24) is 0 Å². The van der Waals surface area contributed by atoms with E-state index in [9.17, 15) is 0 Å². The normalized spacial score (nSPS) is 28.1. The Labute approximate surface area is 80.0 Å². The van der Waals surface area contributed by atoms with Crippen molar-refractivity contribution in [2.24, 2.45) is 4.99 Å². The van der Waals surface area contributed by atoms with E-state index in [1.165, 1.54) is 0 Å². The molecule has 0 aromatic rings. The van der Waals surface area contributed by atoms with Crippen LogP contribution in [0.5, 0.6) is 0 Å². The van der Waals surface area contributed by atoms with Gasteiger partial charge in [-0.3, -0.25) is 0 Å². The van der Waals surface area contributed by atoms with Crippen molar-refractivity contribution in [3.63, 3.8) is 0 Å². The summed E-state index contributed by atoms with van der Waals surface area (Å²) >= 11 is 7.98. The van der Waals surface area contributed by atoms with Gasteiger partial charge in [0.15, 0.2) is 0 Å². The maximum atomic E-state index is 4.58. The molecule has 58 valence electrons. The van der Waals surface area contributed by atoms with E-state index in [0.29, 0.717) is 0 Å². The third-order valence-corrected chi connectivity index (χ3v) is 2.69. The molecule has 0 saturated carbocycles. The van der Waals surface area contributed by atoms with Crippen LogP contribution < -0.4 is 0 Å². The Morgan fingerprint density at radius 2 is 2.45 bits per heavy atom. The fourth-order valence-corrected chi connectivity index (χ4v) is 1.68. The third-order valence-electron chi connectivity index (χ3n) is 1.62. The molecule has 0 spiro atoms. The molecule has 0 aliphatic heterocycles. The second-order valence-electron chi connectivity index (χ2n) is 2.43. The first-order valence-electron chi connectivity index (χ1n) is 3.32. The molecule has 1 unspecified atom stereocenters. The smallest absolute Gasteiger partial charge is 0.102 e. The Bertz CT molecular complexity index is 240. The standard InChI is InChI=1S/C8H8BrNS/c9-6-8(10-7-11)4-2-1-3-5-8/h1-4H,5-6H2. The summed E-state index contributed by atoms with van der Waals surface area (Å²) < 4.78 is 0. The molecule has 0 N–H and O–H groups in total. The van der Waals surface area contributed by atoms with Gasteiger partial charge in [0.2, 0.25) is 0 Å². The predicted molar refractivity (Wildman–Crippen MR) is 54.4 cm³/mol. The summed E-state index contributed by atoms with van der Waals surface area (Å²) in [5, 5.41) is 3.22.